The van der Waals surface area contributed by atoms with E-state index in [0.29, 0.717) is 5.57 Å². The van der Waals surface area contributed by atoms with Crippen LogP contribution in [-0.4, -0.2) is 48.3 Å². The molecule has 8 heteroatoms. The quantitative estimate of drug-likeness (QED) is 0.243. The summed E-state index contributed by atoms with van der Waals surface area (Å²) >= 11 is 0. The largest absolute Gasteiger partial charge is 0.465 e. The molecule has 0 spiro atoms. The minimum absolute atomic E-state index is 0.0115. The van der Waals surface area contributed by atoms with Crippen molar-refractivity contribution >= 4 is 23.9 Å². The Bertz CT molecular complexity index is 811. The van der Waals surface area contributed by atoms with Gasteiger partial charge in [-0.1, -0.05) is 12.2 Å². The summed E-state index contributed by atoms with van der Waals surface area (Å²) in [4.78, 5) is 52.8. The van der Waals surface area contributed by atoms with Gasteiger partial charge in [0.2, 0.25) is 0 Å². The first-order valence-electron chi connectivity index (χ1n) is 12.0. The van der Waals surface area contributed by atoms with Gasteiger partial charge in [-0.2, -0.15) is 0 Å². The highest BCUT2D eigenvalue weighted by molar-refractivity contribution is 6.01. The summed E-state index contributed by atoms with van der Waals surface area (Å²) in [6.45, 7) is 18.2. The fourth-order valence-corrected chi connectivity index (χ4v) is 5.11. The fraction of sp³-hybridized carbons (Fsp3) is 0.769. The number of ether oxygens (including phenoxy) is 4. The topological polar surface area (TPSA) is 105 Å². The van der Waals surface area contributed by atoms with Crippen molar-refractivity contribution in [3.63, 3.8) is 0 Å². The Labute approximate surface area is 202 Å². The zero-order valence-electron chi connectivity index (χ0n) is 21.8. The maximum absolute atomic E-state index is 13.5. The average molecular weight is 481 g/mol. The lowest BCUT2D eigenvalue weighted by Gasteiger charge is -2.40. The van der Waals surface area contributed by atoms with Crippen molar-refractivity contribution in [3.05, 3.63) is 12.2 Å². The average Bonchev–Trinajstić information content (AvgIpc) is 3.08. The summed E-state index contributed by atoms with van der Waals surface area (Å²) in [6, 6.07) is 0. The van der Waals surface area contributed by atoms with Gasteiger partial charge >= 0.3 is 23.9 Å². The van der Waals surface area contributed by atoms with Gasteiger partial charge in [-0.25, -0.2) is 0 Å². The number of rotatable bonds is 6. The lowest BCUT2D eigenvalue weighted by molar-refractivity contribution is -0.178. The molecule has 0 saturated heterocycles. The number of esters is 4. The zero-order chi connectivity index (χ0) is 26.1. The van der Waals surface area contributed by atoms with E-state index in [1.165, 1.54) is 0 Å². The van der Waals surface area contributed by atoms with Crippen LogP contribution in [0.4, 0.5) is 0 Å². The molecule has 0 N–H and O–H groups in total. The van der Waals surface area contributed by atoms with E-state index in [-0.39, 0.29) is 38.4 Å². The Morgan fingerprint density at radius 3 is 1.76 bits per heavy atom. The summed E-state index contributed by atoms with van der Waals surface area (Å²) in [5.41, 5.74) is -2.38. The van der Waals surface area contributed by atoms with Gasteiger partial charge in [-0.15, -0.1) is 0 Å². The second-order valence-corrected chi connectivity index (χ2v) is 11.3. The third-order valence-corrected chi connectivity index (χ3v) is 6.29. The Morgan fingerprint density at radius 1 is 0.853 bits per heavy atom. The van der Waals surface area contributed by atoms with Crippen molar-refractivity contribution in [3.8, 4) is 0 Å². The van der Waals surface area contributed by atoms with Gasteiger partial charge in [0.25, 0.3) is 0 Å². The van der Waals surface area contributed by atoms with Crippen molar-refractivity contribution < 1.29 is 38.1 Å². The number of fused-ring (bicyclic) bond motifs is 1. The molecule has 4 atom stereocenters. The molecule has 2 rings (SSSR count). The molecule has 0 aromatic heterocycles. The van der Waals surface area contributed by atoms with E-state index in [1.807, 2.05) is 0 Å². The lowest BCUT2D eigenvalue weighted by atomic mass is 9.65. The number of hydrogen-bond donors (Lipinski definition) is 0. The smallest absolute Gasteiger partial charge is 0.323 e. The Morgan fingerprint density at radius 2 is 1.32 bits per heavy atom. The first-order valence-corrected chi connectivity index (χ1v) is 12.0. The predicted molar refractivity (Wildman–Crippen MR) is 124 cm³/mol. The zero-order valence-corrected chi connectivity index (χ0v) is 21.8. The van der Waals surface area contributed by atoms with Gasteiger partial charge < -0.3 is 18.9 Å². The molecule has 2 aliphatic rings. The highest BCUT2D eigenvalue weighted by atomic mass is 16.6. The molecule has 0 aliphatic heterocycles. The van der Waals surface area contributed by atoms with Crippen LogP contribution >= 0.6 is 0 Å². The first kappa shape index (κ1) is 27.9. The van der Waals surface area contributed by atoms with Crippen LogP contribution in [0.25, 0.3) is 0 Å². The van der Waals surface area contributed by atoms with Crippen molar-refractivity contribution in [2.24, 2.45) is 29.1 Å². The van der Waals surface area contributed by atoms with Gasteiger partial charge in [0, 0.05) is 0 Å². The van der Waals surface area contributed by atoms with Crippen molar-refractivity contribution in [1.82, 2.24) is 0 Å². The van der Waals surface area contributed by atoms with E-state index in [4.69, 9.17) is 18.9 Å². The number of hydrogen-bond acceptors (Lipinski definition) is 8. The molecule has 0 aromatic rings. The molecule has 0 aromatic carbocycles. The minimum Gasteiger partial charge on any atom is -0.465 e. The van der Waals surface area contributed by atoms with Crippen LogP contribution in [0.1, 0.15) is 74.7 Å². The summed E-state index contributed by atoms with van der Waals surface area (Å²) in [6.07, 6.45) is 0.341. The van der Waals surface area contributed by atoms with E-state index in [2.05, 4.69) is 6.58 Å². The molecule has 0 heterocycles. The van der Waals surface area contributed by atoms with E-state index in [9.17, 15) is 19.2 Å². The van der Waals surface area contributed by atoms with Crippen molar-refractivity contribution in [1.29, 1.82) is 0 Å². The van der Waals surface area contributed by atoms with Crippen LogP contribution in [0.3, 0.4) is 0 Å². The molecule has 2 fully saturated rings. The maximum atomic E-state index is 13.5. The van der Waals surface area contributed by atoms with Gasteiger partial charge in [-0.05, 0) is 86.5 Å². The Balaban J connectivity index is 2.55. The van der Waals surface area contributed by atoms with Gasteiger partial charge in [0.05, 0.1) is 25.0 Å². The second kappa shape index (κ2) is 10.1. The van der Waals surface area contributed by atoms with Crippen LogP contribution in [0.2, 0.25) is 0 Å². The van der Waals surface area contributed by atoms with Crippen LogP contribution in [-0.2, 0) is 38.1 Å². The number of carbonyl (C=O) groups excluding carboxylic acids is 4. The van der Waals surface area contributed by atoms with Gasteiger partial charge in [0.1, 0.15) is 11.2 Å². The van der Waals surface area contributed by atoms with Crippen LogP contribution in [0.5, 0.6) is 0 Å². The molecular weight excluding hydrogens is 440 g/mol. The normalized spacial score (nSPS) is 26.3. The molecule has 0 bridgehead atoms. The second-order valence-electron chi connectivity index (χ2n) is 11.3. The van der Waals surface area contributed by atoms with Gasteiger partial charge in [0.15, 0.2) is 5.41 Å². The third-order valence-electron chi connectivity index (χ3n) is 6.29. The third kappa shape index (κ3) is 5.99. The molecule has 2 aliphatic carbocycles. The molecule has 8 nitrogen and oxygen atoms in total. The van der Waals surface area contributed by atoms with Crippen LogP contribution in [0, 0.1) is 29.1 Å². The molecule has 34 heavy (non-hydrogen) atoms. The first-order chi connectivity index (χ1) is 15.6. The molecular formula is C26H40O8. The molecule has 4 unspecified atom stereocenters. The molecule has 2 saturated carbocycles. The van der Waals surface area contributed by atoms with E-state index in [1.54, 1.807) is 55.4 Å². The number of carbonyl (C=O) groups is 4. The SMILES string of the molecule is C=C1CC(C(=O)OC(C)(C)C)C(C(=O)OC(C)(C)C)C2CC(C(=O)OCC)(C(=O)OCC)CC12. The molecule has 0 amide bonds. The van der Waals surface area contributed by atoms with Crippen molar-refractivity contribution in [2.75, 3.05) is 13.2 Å². The number of allylic oxidation sites excluding steroid dienone is 1. The maximum Gasteiger partial charge on any atom is 0.323 e. The standard InChI is InChI=1S/C26H40O8/c1-10-31-22(29)26(23(30)32-11-2)13-17-15(3)12-16(20(27)33-24(4,5)6)19(18(17)14-26)21(28)34-25(7,8)9/h16-19H,3,10-14H2,1-2,4-9H3. The van der Waals surface area contributed by atoms with E-state index < -0.39 is 58.2 Å². The molecule has 192 valence electrons. The Hall–Kier alpha value is -2.38. The van der Waals surface area contributed by atoms with E-state index in [0.717, 1.165) is 0 Å². The van der Waals surface area contributed by atoms with Gasteiger partial charge in [-0.3, -0.25) is 19.2 Å². The summed E-state index contributed by atoms with van der Waals surface area (Å²) < 4.78 is 21.9. The highest BCUT2D eigenvalue weighted by Gasteiger charge is 2.63. The molecule has 0 radical (unpaired) electrons. The summed E-state index contributed by atoms with van der Waals surface area (Å²) in [5.74, 6) is -5.01. The van der Waals surface area contributed by atoms with Crippen molar-refractivity contribution in [2.45, 2.75) is 85.9 Å². The summed E-state index contributed by atoms with van der Waals surface area (Å²) in [5, 5.41) is 0. The fourth-order valence-electron chi connectivity index (χ4n) is 5.11. The summed E-state index contributed by atoms with van der Waals surface area (Å²) in [7, 11) is 0. The van der Waals surface area contributed by atoms with Crippen LogP contribution in [0.15, 0.2) is 12.2 Å². The Kier molecular flexibility index (Phi) is 8.26. The van der Waals surface area contributed by atoms with Crippen LogP contribution < -0.4 is 0 Å². The predicted octanol–water partition coefficient (Wildman–Crippen LogP) is 4.00. The highest BCUT2D eigenvalue weighted by Crippen LogP contribution is 2.58. The monoisotopic (exact) mass is 480 g/mol. The lowest BCUT2D eigenvalue weighted by Crippen LogP contribution is -2.46. The minimum atomic E-state index is -1.56. The van der Waals surface area contributed by atoms with E-state index >= 15 is 0 Å².